The Bertz CT molecular complexity index is 1030. The second-order valence-corrected chi connectivity index (χ2v) is 9.67. The van der Waals surface area contributed by atoms with Gasteiger partial charge in [-0.05, 0) is 41.0 Å². The Hall–Kier alpha value is -3.35. The second-order valence-electron chi connectivity index (χ2n) is 9.67. The summed E-state index contributed by atoms with van der Waals surface area (Å²) in [6.07, 6.45) is 1.83. The van der Waals surface area contributed by atoms with Crippen LogP contribution in [0.5, 0.6) is 0 Å². The van der Waals surface area contributed by atoms with Crippen LogP contribution in [-0.2, 0) is 14.3 Å². The molecule has 0 aromatic heterocycles. The molecule has 0 spiro atoms. The van der Waals surface area contributed by atoms with Gasteiger partial charge in [0, 0.05) is 18.4 Å². The number of rotatable bonds is 8. The third-order valence-corrected chi connectivity index (χ3v) is 7.10. The number of carboxylic acid groups (broad SMARTS) is 1. The van der Waals surface area contributed by atoms with Crippen molar-refractivity contribution in [3.05, 3.63) is 59.7 Å². The van der Waals surface area contributed by atoms with E-state index < -0.39 is 23.6 Å². The zero-order valence-electron chi connectivity index (χ0n) is 19.7. The molecule has 2 aliphatic carbocycles. The predicted octanol–water partition coefficient (Wildman–Crippen LogP) is 4.45. The molecule has 4 rings (SSSR count). The lowest BCUT2D eigenvalue weighted by Crippen LogP contribution is -2.54. The monoisotopic (exact) mass is 464 g/mol. The quantitative estimate of drug-likeness (QED) is 0.535. The van der Waals surface area contributed by atoms with Gasteiger partial charge < -0.3 is 20.5 Å². The molecule has 0 bridgehead atoms. The number of alkyl carbamates (subject to hydrolysis) is 1. The van der Waals surface area contributed by atoms with Crippen molar-refractivity contribution in [1.82, 2.24) is 10.6 Å². The van der Waals surface area contributed by atoms with E-state index in [-0.39, 0.29) is 30.8 Å². The molecular weight excluding hydrogens is 432 g/mol. The van der Waals surface area contributed by atoms with Gasteiger partial charge in [0.2, 0.25) is 5.91 Å². The van der Waals surface area contributed by atoms with E-state index in [1.165, 1.54) is 0 Å². The normalized spacial score (nSPS) is 17.0. The fraction of sp³-hybridized carbons (Fsp3) is 0.444. The number of carbonyl (C=O) groups excluding carboxylic acids is 2. The molecule has 7 nitrogen and oxygen atoms in total. The van der Waals surface area contributed by atoms with Gasteiger partial charge in [0.05, 0.1) is 0 Å². The van der Waals surface area contributed by atoms with Crippen LogP contribution < -0.4 is 10.6 Å². The van der Waals surface area contributed by atoms with Crippen molar-refractivity contribution < 1.29 is 24.2 Å². The van der Waals surface area contributed by atoms with Crippen LogP contribution in [0, 0.1) is 5.92 Å². The van der Waals surface area contributed by atoms with Crippen molar-refractivity contribution in [2.45, 2.75) is 63.5 Å². The zero-order chi connectivity index (χ0) is 24.3. The second kappa shape index (κ2) is 9.87. The van der Waals surface area contributed by atoms with Crippen LogP contribution in [0.25, 0.3) is 11.1 Å². The van der Waals surface area contributed by atoms with Crippen LogP contribution in [-0.4, -0.2) is 41.3 Å². The van der Waals surface area contributed by atoms with E-state index in [1.807, 2.05) is 38.1 Å². The van der Waals surface area contributed by atoms with Gasteiger partial charge in [-0.2, -0.15) is 0 Å². The summed E-state index contributed by atoms with van der Waals surface area (Å²) in [5.41, 5.74) is 3.38. The lowest BCUT2D eigenvalue weighted by Gasteiger charge is -2.28. The van der Waals surface area contributed by atoms with Crippen LogP contribution in [0.3, 0.4) is 0 Å². The Labute approximate surface area is 199 Å². The minimum Gasteiger partial charge on any atom is -0.480 e. The number of aliphatic carboxylic acids is 1. The van der Waals surface area contributed by atoms with E-state index in [2.05, 4.69) is 34.9 Å². The fourth-order valence-electron chi connectivity index (χ4n) is 5.13. The average molecular weight is 465 g/mol. The molecule has 2 aliphatic rings. The maximum Gasteiger partial charge on any atom is 0.407 e. The van der Waals surface area contributed by atoms with Gasteiger partial charge in [0.15, 0.2) is 0 Å². The molecule has 1 fully saturated rings. The Morgan fingerprint density at radius 3 is 2.09 bits per heavy atom. The number of hydrogen-bond acceptors (Lipinski definition) is 4. The van der Waals surface area contributed by atoms with E-state index in [4.69, 9.17) is 4.74 Å². The SMILES string of the molecule is CC(C)[C@H](CC(=O)NC1(C(=O)O)CCCC1)NC(=O)OCC1c2ccccc2-c2ccccc21. The largest absolute Gasteiger partial charge is 0.480 e. The average Bonchev–Trinajstić information content (AvgIpc) is 3.41. The van der Waals surface area contributed by atoms with Crippen molar-refractivity contribution in [3.63, 3.8) is 0 Å². The van der Waals surface area contributed by atoms with Crippen molar-refractivity contribution in [2.75, 3.05) is 6.61 Å². The van der Waals surface area contributed by atoms with E-state index in [1.54, 1.807) is 0 Å². The summed E-state index contributed by atoms with van der Waals surface area (Å²) in [5, 5.41) is 15.1. The number of fused-ring (bicyclic) bond motifs is 3. The highest BCUT2D eigenvalue weighted by Gasteiger charge is 2.43. The molecule has 0 aliphatic heterocycles. The Morgan fingerprint density at radius 1 is 1.00 bits per heavy atom. The summed E-state index contributed by atoms with van der Waals surface area (Å²) < 4.78 is 5.62. The van der Waals surface area contributed by atoms with Crippen LogP contribution in [0.2, 0.25) is 0 Å². The van der Waals surface area contributed by atoms with Crippen LogP contribution in [0.4, 0.5) is 4.79 Å². The molecule has 0 unspecified atom stereocenters. The maximum atomic E-state index is 12.7. The smallest absolute Gasteiger partial charge is 0.407 e. The van der Waals surface area contributed by atoms with Gasteiger partial charge >= 0.3 is 12.1 Å². The maximum absolute atomic E-state index is 12.7. The number of amides is 2. The van der Waals surface area contributed by atoms with Crippen molar-refractivity contribution >= 4 is 18.0 Å². The van der Waals surface area contributed by atoms with Crippen LogP contribution in [0.15, 0.2) is 48.5 Å². The first-order chi connectivity index (χ1) is 16.3. The Kier molecular flexibility index (Phi) is 6.91. The van der Waals surface area contributed by atoms with Gasteiger partial charge in [0.25, 0.3) is 0 Å². The summed E-state index contributed by atoms with van der Waals surface area (Å²) in [6.45, 7) is 4.01. The molecule has 0 heterocycles. The first-order valence-electron chi connectivity index (χ1n) is 12.0. The van der Waals surface area contributed by atoms with Gasteiger partial charge in [-0.15, -0.1) is 0 Å². The molecule has 180 valence electrons. The summed E-state index contributed by atoms with van der Waals surface area (Å²) in [4.78, 5) is 37.1. The van der Waals surface area contributed by atoms with Crippen molar-refractivity contribution in [3.8, 4) is 11.1 Å². The van der Waals surface area contributed by atoms with Crippen LogP contribution >= 0.6 is 0 Å². The minimum atomic E-state index is -1.19. The van der Waals surface area contributed by atoms with Gasteiger partial charge in [-0.25, -0.2) is 9.59 Å². The highest BCUT2D eigenvalue weighted by Crippen LogP contribution is 2.44. The van der Waals surface area contributed by atoms with Crippen molar-refractivity contribution in [1.29, 1.82) is 0 Å². The number of ether oxygens (including phenoxy) is 1. The molecule has 0 saturated heterocycles. The first kappa shape index (κ1) is 23.8. The van der Waals surface area contributed by atoms with Crippen molar-refractivity contribution in [2.24, 2.45) is 5.92 Å². The summed E-state index contributed by atoms with van der Waals surface area (Å²) in [6, 6.07) is 15.8. The number of carbonyl (C=O) groups is 3. The first-order valence-corrected chi connectivity index (χ1v) is 12.0. The number of carboxylic acids is 1. The third-order valence-electron chi connectivity index (χ3n) is 7.10. The zero-order valence-corrected chi connectivity index (χ0v) is 19.7. The highest BCUT2D eigenvalue weighted by molar-refractivity contribution is 5.87. The summed E-state index contributed by atoms with van der Waals surface area (Å²) in [5.74, 6) is -1.45. The standard InChI is InChI=1S/C27H32N2O5/c1-17(2)23(15-24(30)29-27(25(31)32)13-7-8-14-27)28-26(33)34-16-22-20-11-5-3-9-18(20)19-10-4-6-12-21(19)22/h3-6,9-12,17,22-23H,7-8,13-16H2,1-2H3,(H,28,33)(H,29,30)(H,31,32)/t23-/m0/s1. The summed E-state index contributed by atoms with van der Waals surface area (Å²) >= 11 is 0. The molecule has 2 aromatic rings. The molecule has 2 amide bonds. The van der Waals surface area contributed by atoms with Gasteiger partial charge in [0.1, 0.15) is 12.1 Å². The number of benzene rings is 2. The van der Waals surface area contributed by atoms with E-state index in [0.29, 0.717) is 12.8 Å². The van der Waals surface area contributed by atoms with Gasteiger partial charge in [-0.1, -0.05) is 75.2 Å². The van der Waals surface area contributed by atoms with Gasteiger partial charge in [-0.3, -0.25) is 4.79 Å². The number of hydrogen-bond donors (Lipinski definition) is 3. The summed E-state index contributed by atoms with van der Waals surface area (Å²) in [7, 11) is 0. The minimum absolute atomic E-state index is 0.00308. The Balaban J connectivity index is 1.37. The molecular formula is C27H32N2O5. The molecule has 1 saturated carbocycles. The van der Waals surface area contributed by atoms with E-state index in [9.17, 15) is 19.5 Å². The Morgan fingerprint density at radius 2 is 1.56 bits per heavy atom. The van der Waals surface area contributed by atoms with E-state index >= 15 is 0 Å². The van der Waals surface area contributed by atoms with Crippen LogP contribution in [0.1, 0.15) is 63.0 Å². The molecule has 3 N–H and O–H groups in total. The number of nitrogens with one attached hydrogen (secondary N) is 2. The molecule has 1 atom stereocenters. The molecule has 2 aromatic carbocycles. The molecule has 7 heteroatoms. The highest BCUT2D eigenvalue weighted by atomic mass is 16.5. The molecule has 34 heavy (non-hydrogen) atoms. The lowest BCUT2D eigenvalue weighted by molar-refractivity contribution is -0.147. The topological polar surface area (TPSA) is 105 Å². The fourth-order valence-corrected chi connectivity index (χ4v) is 5.13. The predicted molar refractivity (Wildman–Crippen MR) is 128 cm³/mol. The molecule has 0 radical (unpaired) electrons. The lowest BCUT2D eigenvalue weighted by atomic mass is 9.95. The third kappa shape index (κ3) is 4.79. The van der Waals surface area contributed by atoms with E-state index in [0.717, 1.165) is 35.1 Å².